The number of aliphatic carboxylic acids is 1. The fourth-order valence-corrected chi connectivity index (χ4v) is 2.42. The van der Waals surface area contributed by atoms with Crippen LogP contribution in [0.5, 0.6) is 5.75 Å². The Bertz CT molecular complexity index is 397. The van der Waals surface area contributed by atoms with Gasteiger partial charge in [0.1, 0.15) is 5.75 Å². The first kappa shape index (κ1) is 11.0. The van der Waals surface area contributed by atoms with Gasteiger partial charge in [-0.1, -0.05) is 18.2 Å². The summed E-state index contributed by atoms with van der Waals surface area (Å²) in [5.74, 6) is -0.684. The highest BCUT2D eigenvalue weighted by atomic mass is 16.4. The number of nitrogens with one attached hydrogen (secondary N) is 1. The van der Waals surface area contributed by atoms with E-state index >= 15 is 0 Å². The van der Waals surface area contributed by atoms with Crippen molar-refractivity contribution < 1.29 is 15.0 Å². The second-order valence-electron chi connectivity index (χ2n) is 4.20. The molecule has 1 aromatic carbocycles. The summed E-state index contributed by atoms with van der Waals surface area (Å²) in [6, 6.07) is 6.94. The van der Waals surface area contributed by atoms with Crippen LogP contribution >= 0.6 is 0 Å². The van der Waals surface area contributed by atoms with Crippen LogP contribution in [0.2, 0.25) is 0 Å². The summed E-state index contributed by atoms with van der Waals surface area (Å²) < 4.78 is 0. The van der Waals surface area contributed by atoms with Gasteiger partial charge in [0.05, 0.1) is 12.0 Å². The Balaban J connectivity index is 2.39. The van der Waals surface area contributed by atoms with E-state index in [1.807, 2.05) is 6.07 Å². The number of hydrogen-bond donors (Lipinski definition) is 3. The van der Waals surface area contributed by atoms with Crippen molar-refractivity contribution in [3.05, 3.63) is 29.8 Å². The molecule has 86 valence electrons. The Morgan fingerprint density at radius 3 is 2.75 bits per heavy atom. The number of carbonyl (C=O) groups is 1. The predicted molar refractivity (Wildman–Crippen MR) is 59.3 cm³/mol. The second kappa shape index (κ2) is 4.14. The number of phenolic OH excluding ortho intramolecular Hbond substituents is 1. The lowest BCUT2D eigenvalue weighted by Crippen LogP contribution is -2.39. The smallest absolute Gasteiger partial charge is 0.305 e. The van der Waals surface area contributed by atoms with Gasteiger partial charge < -0.3 is 15.5 Å². The van der Waals surface area contributed by atoms with Crippen LogP contribution in [0.15, 0.2) is 24.3 Å². The summed E-state index contributed by atoms with van der Waals surface area (Å²) in [4.78, 5) is 10.9. The van der Waals surface area contributed by atoms with Gasteiger partial charge in [-0.2, -0.15) is 0 Å². The summed E-state index contributed by atoms with van der Waals surface area (Å²) in [7, 11) is 0. The molecule has 0 radical (unpaired) electrons. The number of phenols is 1. The molecule has 1 aromatic rings. The number of para-hydroxylation sites is 1. The van der Waals surface area contributed by atoms with E-state index in [0.29, 0.717) is 5.56 Å². The first-order chi connectivity index (χ1) is 7.64. The van der Waals surface area contributed by atoms with Crippen molar-refractivity contribution in [2.75, 3.05) is 6.54 Å². The zero-order valence-electron chi connectivity index (χ0n) is 8.94. The van der Waals surface area contributed by atoms with Crippen molar-refractivity contribution in [1.29, 1.82) is 0 Å². The van der Waals surface area contributed by atoms with Crippen LogP contribution in [0.3, 0.4) is 0 Å². The van der Waals surface area contributed by atoms with E-state index in [1.165, 1.54) is 0 Å². The number of benzene rings is 1. The van der Waals surface area contributed by atoms with Crippen LogP contribution in [-0.4, -0.2) is 22.7 Å². The minimum absolute atomic E-state index is 0.00454. The Kier molecular flexibility index (Phi) is 2.83. The average Bonchev–Trinajstić information content (AvgIpc) is 2.67. The molecule has 0 spiro atoms. The predicted octanol–water partition coefficient (Wildman–Crippen LogP) is 1.45. The molecule has 1 fully saturated rings. The molecule has 1 saturated heterocycles. The molecule has 0 aromatic heterocycles. The van der Waals surface area contributed by atoms with Crippen LogP contribution in [0.25, 0.3) is 0 Å². The highest BCUT2D eigenvalue weighted by molar-refractivity contribution is 5.69. The standard InChI is InChI=1S/C12H15NO3/c14-10-5-2-1-4-9(10)12(8-11(15)16)6-3-7-13-12/h1-2,4-5,13-14H,3,6-8H2,(H,15,16). The number of hydrogen-bond acceptors (Lipinski definition) is 3. The monoisotopic (exact) mass is 221 g/mol. The fourth-order valence-electron chi connectivity index (χ4n) is 2.42. The summed E-state index contributed by atoms with van der Waals surface area (Å²) in [5.41, 5.74) is 0.0897. The van der Waals surface area contributed by atoms with Crippen molar-refractivity contribution in [2.45, 2.75) is 24.8 Å². The van der Waals surface area contributed by atoms with Crippen molar-refractivity contribution in [3.63, 3.8) is 0 Å². The maximum atomic E-state index is 10.9. The number of rotatable bonds is 3. The molecule has 1 atom stereocenters. The van der Waals surface area contributed by atoms with E-state index in [9.17, 15) is 9.90 Å². The van der Waals surface area contributed by atoms with Crippen molar-refractivity contribution in [1.82, 2.24) is 5.32 Å². The molecule has 1 aliphatic heterocycles. The molecule has 4 heteroatoms. The summed E-state index contributed by atoms with van der Waals surface area (Å²) in [6.07, 6.45) is 1.68. The Morgan fingerprint density at radius 2 is 2.19 bits per heavy atom. The van der Waals surface area contributed by atoms with E-state index in [1.54, 1.807) is 18.2 Å². The molecule has 1 unspecified atom stereocenters. The SMILES string of the molecule is O=C(O)CC1(c2ccccc2O)CCCN1. The highest BCUT2D eigenvalue weighted by Gasteiger charge is 2.39. The lowest BCUT2D eigenvalue weighted by Gasteiger charge is -2.29. The van der Waals surface area contributed by atoms with Crippen molar-refractivity contribution in [2.24, 2.45) is 0 Å². The number of carboxylic acids is 1. The third-order valence-corrected chi connectivity index (χ3v) is 3.12. The van der Waals surface area contributed by atoms with Gasteiger partial charge in [0.25, 0.3) is 0 Å². The van der Waals surface area contributed by atoms with Crippen molar-refractivity contribution in [3.8, 4) is 5.75 Å². The normalized spacial score (nSPS) is 24.5. The maximum Gasteiger partial charge on any atom is 0.305 e. The zero-order valence-corrected chi connectivity index (χ0v) is 8.94. The van der Waals surface area contributed by atoms with Gasteiger partial charge in [-0.05, 0) is 25.5 Å². The molecule has 16 heavy (non-hydrogen) atoms. The quantitative estimate of drug-likeness (QED) is 0.722. The van der Waals surface area contributed by atoms with E-state index in [2.05, 4.69) is 5.32 Å². The molecule has 1 heterocycles. The van der Waals surface area contributed by atoms with Gasteiger partial charge in [-0.3, -0.25) is 4.79 Å². The molecular formula is C12H15NO3. The van der Waals surface area contributed by atoms with Gasteiger partial charge in [0.2, 0.25) is 0 Å². The van der Waals surface area contributed by atoms with E-state index in [-0.39, 0.29) is 12.2 Å². The molecule has 1 aliphatic rings. The largest absolute Gasteiger partial charge is 0.508 e. The number of aromatic hydroxyl groups is 1. The molecule has 0 saturated carbocycles. The van der Waals surface area contributed by atoms with Gasteiger partial charge in [0, 0.05) is 5.56 Å². The van der Waals surface area contributed by atoms with Crippen LogP contribution in [-0.2, 0) is 10.3 Å². The third kappa shape index (κ3) is 1.88. The molecule has 3 N–H and O–H groups in total. The van der Waals surface area contributed by atoms with E-state index < -0.39 is 11.5 Å². The van der Waals surface area contributed by atoms with Gasteiger partial charge in [-0.15, -0.1) is 0 Å². The van der Waals surface area contributed by atoms with Gasteiger partial charge >= 0.3 is 5.97 Å². The minimum atomic E-state index is -0.849. The Hall–Kier alpha value is -1.55. The molecule has 0 aliphatic carbocycles. The molecular weight excluding hydrogens is 206 g/mol. The van der Waals surface area contributed by atoms with Gasteiger partial charge in [0.15, 0.2) is 0 Å². The second-order valence-corrected chi connectivity index (χ2v) is 4.20. The minimum Gasteiger partial charge on any atom is -0.508 e. The molecule has 0 amide bonds. The Labute approximate surface area is 93.9 Å². The van der Waals surface area contributed by atoms with E-state index in [0.717, 1.165) is 19.4 Å². The topological polar surface area (TPSA) is 69.6 Å². The van der Waals surface area contributed by atoms with Crippen molar-refractivity contribution >= 4 is 5.97 Å². The van der Waals surface area contributed by atoms with Crippen LogP contribution in [0, 0.1) is 0 Å². The lowest BCUT2D eigenvalue weighted by molar-refractivity contribution is -0.138. The highest BCUT2D eigenvalue weighted by Crippen LogP contribution is 2.38. The first-order valence-corrected chi connectivity index (χ1v) is 5.39. The first-order valence-electron chi connectivity index (χ1n) is 5.39. The fraction of sp³-hybridized carbons (Fsp3) is 0.417. The van der Waals surface area contributed by atoms with E-state index in [4.69, 9.17) is 5.11 Å². The summed E-state index contributed by atoms with van der Waals surface area (Å²) >= 11 is 0. The molecule has 2 rings (SSSR count). The third-order valence-electron chi connectivity index (χ3n) is 3.12. The molecule has 4 nitrogen and oxygen atoms in total. The summed E-state index contributed by atoms with van der Waals surface area (Å²) in [6.45, 7) is 0.793. The molecule has 0 bridgehead atoms. The van der Waals surface area contributed by atoms with Crippen LogP contribution in [0.1, 0.15) is 24.8 Å². The van der Waals surface area contributed by atoms with Crippen LogP contribution < -0.4 is 5.32 Å². The number of carboxylic acid groups (broad SMARTS) is 1. The summed E-state index contributed by atoms with van der Waals surface area (Å²) in [5, 5.41) is 22.0. The van der Waals surface area contributed by atoms with Gasteiger partial charge in [-0.25, -0.2) is 0 Å². The average molecular weight is 221 g/mol. The lowest BCUT2D eigenvalue weighted by atomic mass is 9.84. The maximum absolute atomic E-state index is 10.9. The zero-order chi connectivity index (χ0) is 11.6. The Morgan fingerprint density at radius 1 is 1.44 bits per heavy atom. The van der Waals surface area contributed by atoms with Crippen LogP contribution in [0.4, 0.5) is 0 Å².